The standard InChI is InChI=1S/C14H20ClN3S/c1-9(2)16-6-13-5-12(11(4)19-13)8-18-10(3)14(15)7-17-18/h5,7,9,16H,6,8H2,1-4H3. The zero-order chi connectivity index (χ0) is 14.0. The highest BCUT2D eigenvalue weighted by Gasteiger charge is 2.09. The molecular weight excluding hydrogens is 278 g/mol. The van der Waals surface area contributed by atoms with Gasteiger partial charge in [-0.3, -0.25) is 4.68 Å². The molecular formula is C14H20ClN3S. The molecule has 0 fully saturated rings. The van der Waals surface area contributed by atoms with Crippen LogP contribution < -0.4 is 5.32 Å². The fourth-order valence-corrected chi connectivity index (χ4v) is 3.03. The molecule has 0 aliphatic carbocycles. The first-order chi connectivity index (χ1) is 8.97. The topological polar surface area (TPSA) is 29.9 Å². The lowest BCUT2D eigenvalue weighted by atomic mass is 10.2. The lowest BCUT2D eigenvalue weighted by Crippen LogP contribution is -2.21. The van der Waals surface area contributed by atoms with Gasteiger partial charge in [0.25, 0.3) is 0 Å². The number of rotatable bonds is 5. The summed E-state index contributed by atoms with van der Waals surface area (Å²) in [7, 11) is 0. The summed E-state index contributed by atoms with van der Waals surface area (Å²) < 4.78 is 1.96. The Balaban J connectivity index is 2.10. The predicted octanol–water partition coefficient (Wildman–Crippen LogP) is 3.76. The first kappa shape index (κ1) is 14.6. The van der Waals surface area contributed by atoms with Crippen LogP contribution in [0.2, 0.25) is 5.02 Å². The highest BCUT2D eigenvalue weighted by Crippen LogP contribution is 2.23. The highest BCUT2D eigenvalue weighted by atomic mass is 35.5. The van der Waals surface area contributed by atoms with Crippen molar-refractivity contribution in [3.8, 4) is 0 Å². The van der Waals surface area contributed by atoms with Gasteiger partial charge >= 0.3 is 0 Å². The van der Waals surface area contributed by atoms with Crippen molar-refractivity contribution < 1.29 is 0 Å². The summed E-state index contributed by atoms with van der Waals surface area (Å²) in [5.74, 6) is 0. The van der Waals surface area contributed by atoms with Gasteiger partial charge in [-0.15, -0.1) is 11.3 Å². The smallest absolute Gasteiger partial charge is 0.0815 e. The molecule has 0 unspecified atom stereocenters. The van der Waals surface area contributed by atoms with Crippen LogP contribution in [0.3, 0.4) is 0 Å². The molecule has 0 saturated heterocycles. The van der Waals surface area contributed by atoms with Crippen molar-refractivity contribution in [2.24, 2.45) is 0 Å². The van der Waals surface area contributed by atoms with Crippen LogP contribution in [0.1, 0.15) is 34.9 Å². The van der Waals surface area contributed by atoms with E-state index >= 15 is 0 Å². The van der Waals surface area contributed by atoms with Gasteiger partial charge in [-0.2, -0.15) is 5.10 Å². The Morgan fingerprint density at radius 1 is 1.42 bits per heavy atom. The summed E-state index contributed by atoms with van der Waals surface area (Å²) in [5, 5.41) is 8.49. The average Bonchev–Trinajstić information content (AvgIpc) is 2.85. The zero-order valence-electron chi connectivity index (χ0n) is 11.8. The summed E-state index contributed by atoms with van der Waals surface area (Å²) in [6.07, 6.45) is 1.71. The largest absolute Gasteiger partial charge is 0.310 e. The number of nitrogens with one attached hydrogen (secondary N) is 1. The molecule has 2 rings (SSSR count). The number of thiophene rings is 1. The maximum Gasteiger partial charge on any atom is 0.0815 e. The van der Waals surface area contributed by atoms with Gasteiger partial charge in [-0.1, -0.05) is 25.4 Å². The molecule has 2 aromatic rings. The molecule has 0 bridgehead atoms. The van der Waals surface area contributed by atoms with Gasteiger partial charge in [0.2, 0.25) is 0 Å². The van der Waals surface area contributed by atoms with E-state index in [0.29, 0.717) is 6.04 Å². The number of aryl methyl sites for hydroxylation is 1. The summed E-state index contributed by atoms with van der Waals surface area (Å²) in [6.45, 7) is 10.2. The van der Waals surface area contributed by atoms with E-state index in [9.17, 15) is 0 Å². The van der Waals surface area contributed by atoms with Gasteiger partial charge < -0.3 is 5.32 Å². The first-order valence-electron chi connectivity index (χ1n) is 6.47. The number of nitrogens with zero attached hydrogens (tertiary/aromatic N) is 2. The maximum atomic E-state index is 6.03. The fraction of sp³-hybridized carbons (Fsp3) is 0.500. The second-order valence-electron chi connectivity index (χ2n) is 5.07. The van der Waals surface area contributed by atoms with Crippen molar-refractivity contribution >= 4 is 22.9 Å². The van der Waals surface area contributed by atoms with Gasteiger partial charge in [-0.25, -0.2) is 0 Å². The molecule has 0 aliphatic heterocycles. The molecule has 3 nitrogen and oxygen atoms in total. The molecule has 0 radical (unpaired) electrons. The minimum Gasteiger partial charge on any atom is -0.310 e. The van der Waals surface area contributed by atoms with Gasteiger partial charge in [0, 0.05) is 22.3 Å². The molecule has 19 heavy (non-hydrogen) atoms. The van der Waals surface area contributed by atoms with E-state index in [1.807, 2.05) is 22.9 Å². The monoisotopic (exact) mass is 297 g/mol. The van der Waals surface area contributed by atoms with Gasteiger partial charge in [0.1, 0.15) is 0 Å². The van der Waals surface area contributed by atoms with E-state index in [0.717, 1.165) is 23.8 Å². The Morgan fingerprint density at radius 2 is 2.16 bits per heavy atom. The summed E-state index contributed by atoms with van der Waals surface area (Å²) in [6, 6.07) is 2.78. The van der Waals surface area contributed by atoms with E-state index in [4.69, 9.17) is 11.6 Å². The van der Waals surface area contributed by atoms with E-state index < -0.39 is 0 Å². The van der Waals surface area contributed by atoms with Crippen LogP contribution in [0.25, 0.3) is 0 Å². The molecule has 0 spiro atoms. The molecule has 0 aliphatic rings. The molecule has 104 valence electrons. The average molecular weight is 298 g/mol. The van der Waals surface area contributed by atoms with Crippen LogP contribution in [0.5, 0.6) is 0 Å². The number of hydrogen-bond acceptors (Lipinski definition) is 3. The predicted molar refractivity (Wildman–Crippen MR) is 82.1 cm³/mol. The van der Waals surface area contributed by atoms with Crippen molar-refractivity contribution in [3.63, 3.8) is 0 Å². The third-order valence-electron chi connectivity index (χ3n) is 3.12. The van der Waals surface area contributed by atoms with Crippen molar-refractivity contribution in [3.05, 3.63) is 38.3 Å². The van der Waals surface area contributed by atoms with Crippen LogP contribution >= 0.6 is 22.9 Å². The summed E-state index contributed by atoms with van der Waals surface area (Å²) in [4.78, 5) is 2.73. The third kappa shape index (κ3) is 3.59. The Hall–Kier alpha value is -0.840. The second-order valence-corrected chi connectivity index (χ2v) is 6.81. The fourth-order valence-electron chi connectivity index (χ4n) is 1.88. The maximum absolute atomic E-state index is 6.03. The molecule has 2 aromatic heterocycles. The van der Waals surface area contributed by atoms with E-state index in [2.05, 4.69) is 37.3 Å². The first-order valence-corrected chi connectivity index (χ1v) is 7.66. The summed E-state index contributed by atoms with van der Waals surface area (Å²) >= 11 is 7.89. The van der Waals surface area contributed by atoms with Crippen molar-refractivity contribution in [2.75, 3.05) is 0 Å². The number of aromatic nitrogens is 2. The summed E-state index contributed by atoms with van der Waals surface area (Å²) in [5.41, 5.74) is 2.35. The van der Waals surface area contributed by atoms with Crippen molar-refractivity contribution in [1.29, 1.82) is 0 Å². The van der Waals surface area contributed by atoms with Crippen LogP contribution in [0.15, 0.2) is 12.3 Å². The quantitative estimate of drug-likeness (QED) is 0.910. The van der Waals surface area contributed by atoms with Crippen LogP contribution in [0, 0.1) is 13.8 Å². The Labute approximate surface area is 123 Å². The number of halogens is 1. The molecule has 0 amide bonds. The SMILES string of the molecule is Cc1sc(CNC(C)C)cc1Cn1ncc(Cl)c1C. The van der Waals surface area contributed by atoms with Gasteiger partial charge in [0.05, 0.1) is 23.5 Å². The normalized spacial score (nSPS) is 11.5. The molecule has 0 atom stereocenters. The molecule has 5 heteroatoms. The Bertz CT molecular complexity index is 557. The van der Waals surface area contributed by atoms with E-state index in [1.54, 1.807) is 6.20 Å². The minimum atomic E-state index is 0.512. The number of hydrogen-bond donors (Lipinski definition) is 1. The van der Waals surface area contributed by atoms with Crippen LogP contribution in [0.4, 0.5) is 0 Å². The molecule has 0 aromatic carbocycles. The molecule has 0 saturated carbocycles. The lowest BCUT2D eigenvalue weighted by molar-refractivity contribution is 0.592. The van der Waals surface area contributed by atoms with Gasteiger partial charge in [-0.05, 0) is 25.5 Å². The third-order valence-corrected chi connectivity index (χ3v) is 4.58. The van der Waals surface area contributed by atoms with Gasteiger partial charge in [0.15, 0.2) is 0 Å². The minimum absolute atomic E-state index is 0.512. The molecule has 2 heterocycles. The Kier molecular flexibility index (Phi) is 4.66. The molecule has 1 N–H and O–H groups in total. The van der Waals surface area contributed by atoms with E-state index in [-0.39, 0.29) is 0 Å². The van der Waals surface area contributed by atoms with E-state index in [1.165, 1.54) is 15.3 Å². The lowest BCUT2D eigenvalue weighted by Gasteiger charge is -2.05. The van der Waals surface area contributed by atoms with Crippen LogP contribution in [-0.2, 0) is 13.1 Å². The second kappa shape index (κ2) is 6.07. The van der Waals surface area contributed by atoms with Crippen molar-refractivity contribution in [1.82, 2.24) is 15.1 Å². The van der Waals surface area contributed by atoms with Crippen molar-refractivity contribution in [2.45, 2.75) is 46.8 Å². The highest BCUT2D eigenvalue weighted by molar-refractivity contribution is 7.12. The Morgan fingerprint density at radius 3 is 2.74 bits per heavy atom. The zero-order valence-corrected chi connectivity index (χ0v) is 13.4. The van der Waals surface area contributed by atoms with Crippen LogP contribution in [-0.4, -0.2) is 15.8 Å².